The summed E-state index contributed by atoms with van der Waals surface area (Å²) in [5.41, 5.74) is 2.27. The fourth-order valence-electron chi connectivity index (χ4n) is 2.70. The van der Waals surface area contributed by atoms with E-state index in [2.05, 4.69) is 5.32 Å². The Morgan fingerprint density at radius 2 is 1.78 bits per heavy atom. The van der Waals surface area contributed by atoms with Gasteiger partial charge < -0.3 is 19.9 Å². The first-order valence-corrected chi connectivity index (χ1v) is 8.50. The van der Waals surface area contributed by atoms with Gasteiger partial charge in [0.1, 0.15) is 17.3 Å². The van der Waals surface area contributed by atoms with Crippen molar-refractivity contribution in [2.24, 2.45) is 0 Å². The lowest BCUT2D eigenvalue weighted by atomic mass is 9.99. The van der Waals surface area contributed by atoms with E-state index in [0.717, 1.165) is 0 Å². The van der Waals surface area contributed by atoms with Gasteiger partial charge in [0.05, 0.1) is 14.2 Å². The molecule has 5 nitrogen and oxygen atoms in total. The monoisotopic (exact) mass is 373 g/mol. The van der Waals surface area contributed by atoms with Gasteiger partial charge in [-0.1, -0.05) is 0 Å². The Morgan fingerprint density at radius 1 is 1.11 bits per heavy atom. The molecule has 0 aliphatic rings. The van der Waals surface area contributed by atoms with Crippen LogP contribution in [0.25, 0.3) is 17.2 Å². The van der Waals surface area contributed by atoms with Crippen molar-refractivity contribution in [3.63, 3.8) is 0 Å². The molecule has 0 unspecified atom stereocenters. The molecule has 0 aromatic heterocycles. The minimum absolute atomic E-state index is 0.151. The summed E-state index contributed by atoms with van der Waals surface area (Å²) in [5, 5.41) is 12.3. The van der Waals surface area contributed by atoms with E-state index >= 15 is 0 Å². The molecule has 0 spiro atoms. The molecule has 0 heterocycles. The van der Waals surface area contributed by atoms with Crippen molar-refractivity contribution in [3.05, 3.63) is 47.3 Å². The zero-order chi connectivity index (χ0) is 20.1. The highest BCUT2D eigenvalue weighted by Crippen LogP contribution is 2.38. The number of hydrogen-bond acceptors (Lipinski definition) is 4. The van der Waals surface area contributed by atoms with Gasteiger partial charge in [-0.15, -0.1) is 0 Å². The lowest BCUT2D eigenvalue weighted by Crippen LogP contribution is -2.09. The second kappa shape index (κ2) is 8.58. The highest BCUT2D eigenvalue weighted by atomic mass is 19.1. The molecule has 0 aliphatic carbocycles. The number of carboxylic acids is 1. The van der Waals surface area contributed by atoms with E-state index in [9.17, 15) is 9.18 Å². The third-order valence-corrected chi connectivity index (χ3v) is 3.98. The van der Waals surface area contributed by atoms with Crippen LogP contribution in [-0.2, 0) is 4.79 Å². The highest BCUT2D eigenvalue weighted by Gasteiger charge is 2.16. The molecule has 0 aliphatic heterocycles. The van der Waals surface area contributed by atoms with E-state index in [1.54, 1.807) is 24.3 Å². The topological polar surface area (TPSA) is 67.8 Å². The summed E-state index contributed by atoms with van der Waals surface area (Å²) >= 11 is 0. The number of methoxy groups -OCH3 is 2. The van der Waals surface area contributed by atoms with Gasteiger partial charge in [0.15, 0.2) is 0 Å². The van der Waals surface area contributed by atoms with Crippen molar-refractivity contribution in [2.75, 3.05) is 19.5 Å². The van der Waals surface area contributed by atoms with Crippen molar-refractivity contribution in [1.82, 2.24) is 0 Å². The van der Waals surface area contributed by atoms with Gasteiger partial charge >= 0.3 is 5.97 Å². The average Bonchev–Trinajstić information content (AvgIpc) is 2.61. The molecule has 2 aromatic carbocycles. The zero-order valence-electron chi connectivity index (χ0n) is 16.1. The molecule has 0 saturated carbocycles. The number of ether oxygens (including phenoxy) is 2. The van der Waals surface area contributed by atoms with Crippen molar-refractivity contribution in [1.29, 1.82) is 0 Å². The van der Waals surface area contributed by atoms with Crippen molar-refractivity contribution in [2.45, 2.75) is 26.8 Å². The van der Waals surface area contributed by atoms with Gasteiger partial charge in [0.2, 0.25) is 0 Å². The maximum absolute atomic E-state index is 14.7. The van der Waals surface area contributed by atoms with Gasteiger partial charge in [-0.25, -0.2) is 9.18 Å². The number of carbonyl (C=O) groups is 1. The summed E-state index contributed by atoms with van der Waals surface area (Å²) in [6.07, 6.45) is 1.49. The molecule has 0 radical (unpaired) electrons. The van der Waals surface area contributed by atoms with Crippen LogP contribution >= 0.6 is 0 Å². The number of rotatable bonds is 7. The minimum atomic E-state index is -1.03. The Balaban J connectivity index is 2.57. The van der Waals surface area contributed by atoms with Gasteiger partial charge in [-0.2, -0.15) is 0 Å². The summed E-state index contributed by atoms with van der Waals surface area (Å²) in [6.45, 7) is 5.44. The first-order chi connectivity index (χ1) is 12.8. The second-order valence-electron chi connectivity index (χ2n) is 6.42. The normalized spacial score (nSPS) is 11.4. The Bertz CT molecular complexity index is 875. The van der Waals surface area contributed by atoms with Crippen LogP contribution in [0.1, 0.15) is 26.3 Å². The number of hydrogen-bond donors (Lipinski definition) is 2. The van der Waals surface area contributed by atoms with Crippen molar-refractivity contribution >= 4 is 17.7 Å². The molecule has 144 valence electrons. The average molecular weight is 373 g/mol. The predicted octanol–water partition coefficient (Wildman–Crippen LogP) is 4.82. The first kappa shape index (κ1) is 20.3. The van der Waals surface area contributed by atoms with E-state index in [4.69, 9.17) is 14.6 Å². The van der Waals surface area contributed by atoms with Crippen LogP contribution in [0.15, 0.2) is 35.9 Å². The quantitative estimate of drug-likeness (QED) is 0.681. The maximum Gasteiger partial charge on any atom is 0.331 e. The first-order valence-electron chi connectivity index (χ1n) is 8.50. The number of benzene rings is 2. The van der Waals surface area contributed by atoms with E-state index in [0.29, 0.717) is 33.9 Å². The van der Waals surface area contributed by atoms with E-state index < -0.39 is 11.8 Å². The van der Waals surface area contributed by atoms with Gasteiger partial charge in [-0.05, 0) is 57.2 Å². The molecule has 0 fully saturated rings. The van der Waals surface area contributed by atoms with Crippen molar-refractivity contribution in [3.8, 4) is 22.6 Å². The minimum Gasteiger partial charge on any atom is -0.496 e. The highest BCUT2D eigenvalue weighted by molar-refractivity contribution is 5.92. The van der Waals surface area contributed by atoms with Crippen molar-refractivity contribution < 1.29 is 23.8 Å². The number of halogens is 1. The molecule has 2 aromatic rings. The largest absolute Gasteiger partial charge is 0.496 e. The number of anilines is 1. The smallest absolute Gasteiger partial charge is 0.331 e. The summed E-state index contributed by atoms with van der Waals surface area (Å²) in [7, 11) is 2.96. The van der Waals surface area contributed by atoms with Crippen LogP contribution < -0.4 is 14.8 Å². The van der Waals surface area contributed by atoms with Crippen LogP contribution in [0.4, 0.5) is 10.1 Å². The summed E-state index contributed by atoms with van der Waals surface area (Å²) in [4.78, 5) is 11.1. The second-order valence-corrected chi connectivity index (χ2v) is 6.42. The zero-order valence-corrected chi connectivity index (χ0v) is 16.1. The Morgan fingerprint density at radius 3 is 2.30 bits per heavy atom. The predicted molar refractivity (Wildman–Crippen MR) is 105 cm³/mol. The maximum atomic E-state index is 14.7. The fraction of sp³-hybridized carbons (Fsp3) is 0.286. The number of aliphatic carboxylic acids is 1. The summed E-state index contributed by atoms with van der Waals surface area (Å²) in [6, 6.07) is 8.38. The Labute approximate surface area is 158 Å². The van der Waals surface area contributed by atoms with Gasteiger partial charge in [0.25, 0.3) is 0 Å². The van der Waals surface area contributed by atoms with Crippen LogP contribution in [0.2, 0.25) is 0 Å². The third-order valence-electron chi connectivity index (χ3n) is 3.98. The van der Waals surface area contributed by atoms with Crippen LogP contribution in [-0.4, -0.2) is 31.3 Å². The summed E-state index contributed by atoms with van der Waals surface area (Å²) < 4.78 is 25.5. The SMILES string of the molecule is COc1cc(-c2ccc(NC(C)C)cc2F)c(OC)cc1/C=C(\C)C(=O)O. The van der Waals surface area contributed by atoms with Gasteiger partial charge in [0, 0.05) is 34.0 Å². The standard InChI is InChI=1S/C21H24FNO4/c1-12(2)23-15-6-7-16(18(22)10-15)17-11-19(26-4)14(9-20(17)27-5)8-13(3)21(24)25/h6-12,23H,1-5H3,(H,24,25)/b13-8+. The van der Waals surface area contributed by atoms with E-state index in [1.165, 1.54) is 33.3 Å². The number of carboxylic acid groups (broad SMARTS) is 1. The van der Waals surface area contributed by atoms with Crippen LogP contribution in [0, 0.1) is 5.82 Å². The van der Waals surface area contributed by atoms with Crippen LogP contribution in [0.5, 0.6) is 11.5 Å². The third kappa shape index (κ3) is 4.78. The lowest BCUT2D eigenvalue weighted by Gasteiger charge is -2.16. The molecule has 27 heavy (non-hydrogen) atoms. The molecule has 0 saturated heterocycles. The molecule has 0 amide bonds. The van der Waals surface area contributed by atoms with E-state index in [-0.39, 0.29) is 11.6 Å². The fourth-order valence-corrected chi connectivity index (χ4v) is 2.70. The molecular weight excluding hydrogens is 349 g/mol. The molecule has 6 heteroatoms. The Kier molecular flexibility index (Phi) is 6.45. The summed E-state index contributed by atoms with van der Waals surface area (Å²) in [5.74, 6) is -0.579. The molecule has 0 atom stereocenters. The molecule has 2 rings (SSSR count). The Hall–Kier alpha value is -3.02. The van der Waals surface area contributed by atoms with Crippen LogP contribution in [0.3, 0.4) is 0 Å². The lowest BCUT2D eigenvalue weighted by molar-refractivity contribution is -0.132. The van der Waals surface area contributed by atoms with Gasteiger partial charge in [-0.3, -0.25) is 0 Å². The molecule has 0 bridgehead atoms. The number of nitrogens with one attached hydrogen (secondary N) is 1. The van der Waals surface area contributed by atoms with E-state index in [1.807, 2.05) is 13.8 Å². The molecular formula is C21H24FNO4. The molecule has 2 N–H and O–H groups in total.